The fourth-order valence-electron chi connectivity index (χ4n) is 2.99. The zero-order valence-electron chi connectivity index (χ0n) is 17.2. The molecule has 0 radical (unpaired) electrons. The SMILES string of the molecule is C=C(/C=C\C=C(/C)S(C)(=O)=O)C[C@H](NC(=O)c1c(Cl)cc2c(c1Cl)CCNC2)C(=O)O. The maximum Gasteiger partial charge on any atom is 0.326 e. The van der Waals surface area contributed by atoms with Crippen molar-refractivity contribution < 1.29 is 23.1 Å². The number of benzene rings is 1. The van der Waals surface area contributed by atoms with E-state index in [2.05, 4.69) is 17.2 Å². The van der Waals surface area contributed by atoms with Crippen molar-refractivity contribution in [3.63, 3.8) is 0 Å². The van der Waals surface area contributed by atoms with Gasteiger partial charge in [-0.2, -0.15) is 0 Å². The van der Waals surface area contributed by atoms with Gasteiger partial charge in [0, 0.05) is 24.1 Å². The summed E-state index contributed by atoms with van der Waals surface area (Å²) in [7, 11) is -3.30. The molecule has 0 saturated carbocycles. The number of rotatable bonds is 8. The van der Waals surface area contributed by atoms with Gasteiger partial charge >= 0.3 is 5.97 Å². The fraction of sp³-hybridized carbons (Fsp3) is 0.333. The van der Waals surface area contributed by atoms with Gasteiger partial charge in [-0.05, 0) is 43.2 Å². The van der Waals surface area contributed by atoms with Crippen molar-refractivity contribution in [2.45, 2.75) is 32.4 Å². The predicted molar refractivity (Wildman–Crippen MR) is 122 cm³/mol. The second-order valence-corrected chi connectivity index (χ2v) is 10.2. The summed E-state index contributed by atoms with van der Waals surface area (Å²) >= 11 is 12.7. The fourth-order valence-corrected chi connectivity index (χ4v) is 4.08. The van der Waals surface area contributed by atoms with Crippen LogP contribution in [0.1, 0.15) is 34.8 Å². The van der Waals surface area contributed by atoms with Crippen LogP contribution in [0.15, 0.2) is 41.4 Å². The third-order valence-electron chi connectivity index (χ3n) is 4.82. The number of allylic oxidation sites excluding steroid dienone is 4. The molecular formula is C21H24Cl2N2O5S. The third-order valence-corrected chi connectivity index (χ3v) is 6.84. The first-order chi connectivity index (χ1) is 14.4. The monoisotopic (exact) mass is 486 g/mol. The van der Waals surface area contributed by atoms with Gasteiger partial charge < -0.3 is 15.7 Å². The van der Waals surface area contributed by atoms with Gasteiger partial charge in [0.2, 0.25) is 0 Å². The summed E-state index contributed by atoms with van der Waals surface area (Å²) in [6.07, 6.45) is 5.97. The molecule has 0 aliphatic carbocycles. The Bertz CT molecular complexity index is 1080. The lowest BCUT2D eigenvalue weighted by Gasteiger charge is -2.22. The van der Waals surface area contributed by atoms with Crippen LogP contribution in [0, 0.1) is 0 Å². The van der Waals surface area contributed by atoms with Crippen molar-refractivity contribution in [3.05, 3.63) is 68.1 Å². The summed E-state index contributed by atoms with van der Waals surface area (Å²) in [6, 6.07) is 0.395. The summed E-state index contributed by atoms with van der Waals surface area (Å²) in [5, 5.41) is 15.5. The summed E-state index contributed by atoms with van der Waals surface area (Å²) in [5.74, 6) is -1.94. The number of nitrogens with one attached hydrogen (secondary N) is 2. The molecule has 1 aliphatic heterocycles. The summed E-state index contributed by atoms with van der Waals surface area (Å²) in [6.45, 7) is 6.52. The van der Waals surface area contributed by atoms with E-state index in [9.17, 15) is 23.1 Å². The molecule has 1 atom stereocenters. The van der Waals surface area contributed by atoms with Gasteiger partial charge in [0.25, 0.3) is 5.91 Å². The van der Waals surface area contributed by atoms with Crippen LogP contribution in [0.5, 0.6) is 0 Å². The topological polar surface area (TPSA) is 113 Å². The van der Waals surface area contributed by atoms with Crippen LogP contribution in [-0.4, -0.2) is 44.2 Å². The highest BCUT2D eigenvalue weighted by Crippen LogP contribution is 2.33. The number of aliphatic carboxylic acids is 1. The van der Waals surface area contributed by atoms with E-state index in [0.717, 1.165) is 17.4 Å². The van der Waals surface area contributed by atoms with Crippen molar-refractivity contribution in [1.82, 2.24) is 10.6 Å². The highest BCUT2D eigenvalue weighted by atomic mass is 35.5. The Labute approximate surface area is 191 Å². The van der Waals surface area contributed by atoms with E-state index >= 15 is 0 Å². The van der Waals surface area contributed by atoms with Crippen LogP contribution in [-0.2, 0) is 27.6 Å². The van der Waals surface area contributed by atoms with Gasteiger partial charge in [-0.25, -0.2) is 13.2 Å². The molecule has 168 valence electrons. The average Bonchev–Trinajstić information content (AvgIpc) is 2.66. The van der Waals surface area contributed by atoms with Gasteiger partial charge in [-0.15, -0.1) is 0 Å². The number of hydrogen-bond acceptors (Lipinski definition) is 5. The Balaban J connectivity index is 2.16. The molecule has 0 saturated heterocycles. The van der Waals surface area contributed by atoms with Crippen LogP contribution in [0.2, 0.25) is 10.0 Å². The molecule has 1 aliphatic rings. The molecule has 1 aromatic carbocycles. The van der Waals surface area contributed by atoms with Crippen LogP contribution >= 0.6 is 23.2 Å². The zero-order chi connectivity index (χ0) is 23.3. The van der Waals surface area contributed by atoms with E-state index in [-0.39, 0.29) is 26.9 Å². The Morgan fingerprint density at radius 3 is 2.68 bits per heavy atom. The molecule has 0 bridgehead atoms. The zero-order valence-corrected chi connectivity index (χ0v) is 19.5. The molecular weight excluding hydrogens is 463 g/mol. The Hall–Kier alpha value is -2.13. The smallest absolute Gasteiger partial charge is 0.326 e. The molecule has 3 N–H and O–H groups in total. The number of fused-ring (bicyclic) bond motifs is 1. The first kappa shape index (κ1) is 25.1. The lowest BCUT2D eigenvalue weighted by atomic mass is 9.97. The van der Waals surface area contributed by atoms with Gasteiger partial charge in [-0.3, -0.25) is 4.79 Å². The van der Waals surface area contributed by atoms with E-state index in [4.69, 9.17) is 23.2 Å². The van der Waals surface area contributed by atoms with Crippen molar-refractivity contribution >= 4 is 44.9 Å². The first-order valence-electron chi connectivity index (χ1n) is 9.38. The molecule has 7 nitrogen and oxygen atoms in total. The van der Waals surface area contributed by atoms with E-state index in [1.165, 1.54) is 25.2 Å². The maximum atomic E-state index is 12.8. The molecule has 1 aromatic rings. The second-order valence-electron chi connectivity index (χ2n) is 7.25. The van der Waals surface area contributed by atoms with E-state index < -0.39 is 27.8 Å². The minimum atomic E-state index is -3.30. The maximum absolute atomic E-state index is 12.8. The van der Waals surface area contributed by atoms with E-state index in [1.807, 2.05) is 0 Å². The minimum Gasteiger partial charge on any atom is -0.480 e. The number of carboxylic acids is 1. The molecule has 1 amide bonds. The first-order valence-corrected chi connectivity index (χ1v) is 12.0. The van der Waals surface area contributed by atoms with Crippen molar-refractivity contribution in [2.75, 3.05) is 12.8 Å². The normalized spacial score (nSPS) is 15.4. The van der Waals surface area contributed by atoms with Crippen molar-refractivity contribution in [2.24, 2.45) is 0 Å². The molecule has 1 heterocycles. The Morgan fingerprint density at radius 1 is 1.39 bits per heavy atom. The number of halogens is 2. The van der Waals surface area contributed by atoms with Gasteiger partial charge in [-0.1, -0.05) is 47.5 Å². The van der Waals surface area contributed by atoms with E-state index in [1.54, 1.807) is 6.07 Å². The van der Waals surface area contributed by atoms with Crippen LogP contribution in [0.25, 0.3) is 0 Å². The van der Waals surface area contributed by atoms with Crippen molar-refractivity contribution in [1.29, 1.82) is 0 Å². The number of carboxylic acid groups (broad SMARTS) is 1. The third kappa shape index (κ3) is 6.67. The van der Waals surface area contributed by atoms with Crippen molar-refractivity contribution in [3.8, 4) is 0 Å². The number of sulfone groups is 1. The van der Waals surface area contributed by atoms with Crippen LogP contribution in [0.3, 0.4) is 0 Å². The molecule has 2 rings (SSSR count). The number of amides is 1. The van der Waals surface area contributed by atoms with Gasteiger partial charge in [0.1, 0.15) is 6.04 Å². The lowest BCUT2D eigenvalue weighted by Crippen LogP contribution is -2.41. The van der Waals surface area contributed by atoms with E-state index in [0.29, 0.717) is 25.1 Å². The lowest BCUT2D eigenvalue weighted by molar-refractivity contribution is -0.139. The summed E-state index contributed by atoms with van der Waals surface area (Å²) in [4.78, 5) is 24.6. The minimum absolute atomic E-state index is 0.0445. The van der Waals surface area contributed by atoms with Crippen LogP contribution in [0.4, 0.5) is 0 Å². The average molecular weight is 487 g/mol. The molecule has 31 heavy (non-hydrogen) atoms. The second kappa shape index (κ2) is 10.5. The summed E-state index contributed by atoms with van der Waals surface area (Å²) < 4.78 is 22.8. The molecule has 0 aromatic heterocycles. The predicted octanol–water partition coefficient (Wildman–Crippen LogP) is 3.27. The van der Waals surface area contributed by atoms with Gasteiger partial charge in [0.15, 0.2) is 9.84 Å². The number of hydrogen-bond donors (Lipinski definition) is 3. The molecule has 0 fully saturated rings. The highest BCUT2D eigenvalue weighted by Gasteiger charge is 2.26. The molecule has 0 unspecified atom stereocenters. The Kier molecular flexibility index (Phi) is 8.48. The summed E-state index contributed by atoms with van der Waals surface area (Å²) in [5.41, 5.74) is 2.16. The highest BCUT2D eigenvalue weighted by molar-refractivity contribution is 7.94. The molecule has 0 spiro atoms. The number of carbonyl (C=O) groups is 2. The largest absolute Gasteiger partial charge is 0.480 e. The standard InChI is InChI=1S/C21H24Cl2N2O5S/c1-12(5-4-6-13(2)31(3,29)30)9-17(21(27)28)25-20(26)18-16(22)10-14-11-24-8-7-15(14)19(18)23/h4-6,10,17,24H,1,7-9,11H2,2-3H3,(H,25,26)(H,27,28)/b5-4-,13-6+/t17-/m0/s1. The quantitative estimate of drug-likeness (QED) is 0.486. The molecule has 10 heteroatoms. The van der Waals surface area contributed by atoms with Gasteiger partial charge in [0.05, 0.1) is 15.6 Å². The Morgan fingerprint density at radius 2 is 2.06 bits per heavy atom. The van der Waals surface area contributed by atoms with Crippen LogP contribution < -0.4 is 10.6 Å². The number of carbonyl (C=O) groups excluding carboxylic acids is 1.